The Morgan fingerprint density at radius 2 is 1.91 bits per heavy atom. The number of halogens is 2. The van der Waals surface area contributed by atoms with Crippen LogP contribution >= 0.6 is 23.2 Å². The van der Waals surface area contributed by atoms with Crippen molar-refractivity contribution in [3.8, 4) is 5.75 Å². The van der Waals surface area contributed by atoms with E-state index < -0.39 is 0 Å². The highest BCUT2D eigenvalue weighted by molar-refractivity contribution is 6.35. The zero-order valence-electron chi connectivity index (χ0n) is 13.1. The zero-order valence-corrected chi connectivity index (χ0v) is 14.6. The molecule has 1 aromatic carbocycles. The molecule has 126 valence electrons. The molecular formula is C17H22Cl2N2O2. The Hall–Kier alpha value is -1.26. The molecule has 0 spiro atoms. The smallest absolute Gasteiger partial charge is 0.240 e. The molecule has 0 aliphatic heterocycles. The second kappa shape index (κ2) is 9.78. The van der Waals surface area contributed by atoms with Gasteiger partial charge in [0.25, 0.3) is 0 Å². The first-order valence-corrected chi connectivity index (χ1v) is 8.83. The molecule has 1 N–H and O–H groups in total. The second-order valence-electron chi connectivity index (χ2n) is 5.65. The molecule has 0 atom stereocenters. The number of nitrogens with one attached hydrogen (secondary N) is 1. The number of hydrogen-bond acceptors (Lipinski definition) is 3. The van der Waals surface area contributed by atoms with Crippen LogP contribution in [0.25, 0.3) is 0 Å². The number of amides is 1. The number of rotatable bonds is 6. The van der Waals surface area contributed by atoms with Crippen LogP contribution in [0.15, 0.2) is 23.3 Å². The fourth-order valence-electron chi connectivity index (χ4n) is 2.45. The topological polar surface area (TPSA) is 50.7 Å². The van der Waals surface area contributed by atoms with E-state index in [1.165, 1.54) is 25.7 Å². The van der Waals surface area contributed by atoms with Crippen molar-refractivity contribution in [2.45, 2.75) is 51.4 Å². The van der Waals surface area contributed by atoms with Crippen LogP contribution in [-0.4, -0.2) is 18.2 Å². The van der Waals surface area contributed by atoms with Gasteiger partial charge in [0, 0.05) is 17.2 Å². The summed E-state index contributed by atoms with van der Waals surface area (Å²) < 4.78 is 5.55. The fraction of sp³-hybridized carbons (Fsp3) is 0.529. The summed E-state index contributed by atoms with van der Waals surface area (Å²) in [4.78, 5) is 11.8. The molecule has 0 unspecified atom stereocenters. The van der Waals surface area contributed by atoms with Crippen molar-refractivity contribution in [2.24, 2.45) is 5.10 Å². The lowest BCUT2D eigenvalue weighted by Gasteiger charge is -2.08. The Morgan fingerprint density at radius 3 is 2.61 bits per heavy atom. The molecule has 0 heterocycles. The second-order valence-corrected chi connectivity index (χ2v) is 6.50. The predicted octanol–water partition coefficient (Wildman–Crippen LogP) is 4.98. The van der Waals surface area contributed by atoms with E-state index in [2.05, 4.69) is 10.5 Å². The number of hydrogen-bond donors (Lipinski definition) is 1. The molecular weight excluding hydrogens is 335 g/mol. The zero-order chi connectivity index (χ0) is 16.5. The largest absolute Gasteiger partial charge is 0.492 e. The van der Waals surface area contributed by atoms with Gasteiger partial charge in [-0.15, -0.1) is 0 Å². The number of hydrazone groups is 1. The summed E-state index contributed by atoms with van der Waals surface area (Å²) in [6.07, 6.45) is 7.85. The SMILES string of the molecule is O=C(CCCOc1ccc(Cl)cc1Cl)NN=C1CCCCCC1. The molecule has 1 aromatic rings. The van der Waals surface area contributed by atoms with Crippen LogP contribution in [0.3, 0.4) is 0 Å². The molecule has 1 aliphatic rings. The van der Waals surface area contributed by atoms with Gasteiger partial charge in [0.2, 0.25) is 5.91 Å². The van der Waals surface area contributed by atoms with Gasteiger partial charge in [-0.05, 0) is 50.3 Å². The van der Waals surface area contributed by atoms with Gasteiger partial charge in [0.05, 0.1) is 11.6 Å². The van der Waals surface area contributed by atoms with Crippen LogP contribution in [-0.2, 0) is 4.79 Å². The molecule has 4 nitrogen and oxygen atoms in total. The lowest BCUT2D eigenvalue weighted by molar-refractivity contribution is -0.121. The van der Waals surface area contributed by atoms with Gasteiger partial charge < -0.3 is 4.74 Å². The van der Waals surface area contributed by atoms with E-state index in [1.807, 2.05) is 0 Å². The van der Waals surface area contributed by atoms with Crippen molar-refractivity contribution in [3.63, 3.8) is 0 Å². The van der Waals surface area contributed by atoms with E-state index >= 15 is 0 Å². The van der Waals surface area contributed by atoms with Gasteiger partial charge in [-0.1, -0.05) is 36.0 Å². The summed E-state index contributed by atoms with van der Waals surface area (Å²) in [5.41, 5.74) is 3.76. The monoisotopic (exact) mass is 356 g/mol. The molecule has 6 heteroatoms. The highest BCUT2D eigenvalue weighted by atomic mass is 35.5. The van der Waals surface area contributed by atoms with Crippen LogP contribution in [0, 0.1) is 0 Å². The third-order valence-corrected chi connectivity index (χ3v) is 4.25. The van der Waals surface area contributed by atoms with Crippen molar-refractivity contribution in [3.05, 3.63) is 28.2 Å². The molecule has 23 heavy (non-hydrogen) atoms. The minimum absolute atomic E-state index is 0.0763. The fourth-order valence-corrected chi connectivity index (χ4v) is 2.92. The Kier molecular flexibility index (Phi) is 7.69. The van der Waals surface area contributed by atoms with E-state index in [0.717, 1.165) is 18.6 Å². The number of carbonyl (C=O) groups excluding carboxylic acids is 1. The molecule has 0 saturated heterocycles. The van der Waals surface area contributed by atoms with Crippen molar-refractivity contribution in [2.75, 3.05) is 6.61 Å². The van der Waals surface area contributed by atoms with Crippen molar-refractivity contribution in [1.29, 1.82) is 0 Å². The minimum atomic E-state index is -0.0763. The van der Waals surface area contributed by atoms with Crippen LogP contribution < -0.4 is 10.2 Å². The lowest BCUT2D eigenvalue weighted by Crippen LogP contribution is -2.20. The Balaban J connectivity index is 1.65. The van der Waals surface area contributed by atoms with Crippen molar-refractivity contribution < 1.29 is 9.53 Å². The van der Waals surface area contributed by atoms with Gasteiger partial charge in [-0.3, -0.25) is 4.79 Å². The maximum Gasteiger partial charge on any atom is 0.240 e. The lowest BCUT2D eigenvalue weighted by atomic mass is 10.2. The van der Waals surface area contributed by atoms with Crippen molar-refractivity contribution in [1.82, 2.24) is 5.43 Å². The standard InChI is InChI=1S/C17H22Cl2N2O2/c18-13-9-10-16(15(19)12-13)23-11-5-8-17(22)21-20-14-6-3-1-2-4-7-14/h9-10,12H,1-8,11H2,(H,21,22). The normalized spacial score (nSPS) is 15.0. The van der Waals surface area contributed by atoms with Gasteiger partial charge in [0.15, 0.2) is 0 Å². The van der Waals surface area contributed by atoms with Crippen LogP contribution in [0.1, 0.15) is 51.4 Å². The van der Waals surface area contributed by atoms with E-state index in [0.29, 0.717) is 35.2 Å². The van der Waals surface area contributed by atoms with Crippen LogP contribution in [0.2, 0.25) is 10.0 Å². The summed E-state index contributed by atoms with van der Waals surface area (Å²) >= 11 is 11.8. The highest BCUT2D eigenvalue weighted by Gasteiger charge is 2.07. The quantitative estimate of drug-likeness (QED) is 0.444. The summed E-state index contributed by atoms with van der Waals surface area (Å²) in [6, 6.07) is 5.08. The first-order chi connectivity index (χ1) is 11.1. The van der Waals surface area contributed by atoms with E-state index in [4.69, 9.17) is 27.9 Å². The molecule has 2 rings (SSSR count). The van der Waals surface area contributed by atoms with E-state index in [-0.39, 0.29) is 5.91 Å². The van der Waals surface area contributed by atoms with E-state index in [1.54, 1.807) is 18.2 Å². The number of nitrogens with zero attached hydrogens (tertiary/aromatic N) is 1. The summed E-state index contributed by atoms with van der Waals surface area (Å²) in [5, 5.41) is 5.29. The maximum atomic E-state index is 11.8. The van der Waals surface area contributed by atoms with Crippen molar-refractivity contribution >= 4 is 34.8 Å². The Bertz CT molecular complexity index is 552. The average molecular weight is 357 g/mol. The highest BCUT2D eigenvalue weighted by Crippen LogP contribution is 2.27. The molecule has 1 amide bonds. The third kappa shape index (κ3) is 6.80. The Morgan fingerprint density at radius 1 is 1.17 bits per heavy atom. The third-order valence-electron chi connectivity index (χ3n) is 3.72. The average Bonchev–Trinajstić information content (AvgIpc) is 2.80. The molecule has 1 fully saturated rings. The minimum Gasteiger partial charge on any atom is -0.492 e. The molecule has 1 saturated carbocycles. The van der Waals surface area contributed by atoms with Gasteiger partial charge in [0.1, 0.15) is 5.75 Å². The Labute approximate surface area is 147 Å². The summed E-state index contributed by atoms with van der Waals surface area (Å²) in [5.74, 6) is 0.503. The predicted molar refractivity (Wildman–Crippen MR) is 94.5 cm³/mol. The van der Waals surface area contributed by atoms with Gasteiger partial charge in [-0.2, -0.15) is 5.10 Å². The number of benzene rings is 1. The van der Waals surface area contributed by atoms with Gasteiger partial charge >= 0.3 is 0 Å². The van der Waals surface area contributed by atoms with E-state index in [9.17, 15) is 4.79 Å². The first kappa shape index (κ1) is 18.1. The van der Waals surface area contributed by atoms with Crippen LogP contribution in [0.5, 0.6) is 5.75 Å². The first-order valence-electron chi connectivity index (χ1n) is 8.07. The molecule has 0 bridgehead atoms. The maximum absolute atomic E-state index is 11.8. The molecule has 1 aliphatic carbocycles. The number of ether oxygens (including phenoxy) is 1. The molecule has 0 aromatic heterocycles. The summed E-state index contributed by atoms with van der Waals surface area (Å²) in [7, 11) is 0. The van der Waals surface area contributed by atoms with Gasteiger partial charge in [-0.25, -0.2) is 5.43 Å². The van der Waals surface area contributed by atoms with Crippen LogP contribution in [0.4, 0.5) is 0 Å². The molecule has 0 radical (unpaired) electrons. The summed E-state index contributed by atoms with van der Waals surface area (Å²) in [6.45, 7) is 0.422. The number of carbonyl (C=O) groups is 1.